The van der Waals surface area contributed by atoms with Crippen molar-refractivity contribution in [3.05, 3.63) is 54.1 Å². The molecule has 3 aromatic rings. The second-order valence-electron chi connectivity index (χ2n) is 4.15. The van der Waals surface area contributed by atoms with Crippen LogP contribution in [0.1, 0.15) is 5.56 Å². The molecule has 0 atom stereocenters. The van der Waals surface area contributed by atoms with Crippen LogP contribution in [0.4, 0.5) is 10.8 Å². The van der Waals surface area contributed by atoms with Gasteiger partial charge in [0, 0.05) is 7.05 Å². The van der Waals surface area contributed by atoms with Crippen LogP contribution in [0, 0.1) is 11.3 Å². The number of thiazole rings is 1. The van der Waals surface area contributed by atoms with Crippen LogP contribution in [0.15, 0.2) is 48.5 Å². The largest absolute Gasteiger partial charge is 0.320 e. The molecule has 0 fully saturated rings. The summed E-state index contributed by atoms with van der Waals surface area (Å²) in [6, 6.07) is 17.8. The van der Waals surface area contributed by atoms with Gasteiger partial charge in [-0.1, -0.05) is 35.6 Å². The van der Waals surface area contributed by atoms with E-state index in [0.717, 1.165) is 21.0 Å². The van der Waals surface area contributed by atoms with Gasteiger partial charge < -0.3 is 4.90 Å². The van der Waals surface area contributed by atoms with Gasteiger partial charge >= 0.3 is 0 Å². The number of nitrogens with zero attached hydrogens (tertiary/aromatic N) is 3. The number of anilines is 2. The van der Waals surface area contributed by atoms with E-state index in [2.05, 4.69) is 17.1 Å². The van der Waals surface area contributed by atoms with Gasteiger partial charge in [-0.3, -0.25) is 0 Å². The maximum Gasteiger partial charge on any atom is 0.190 e. The molecule has 19 heavy (non-hydrogen) atoms. The zero-order chi connectivity index (χ0) is 13.2. The number of fused-ring (bicyclic) bond motifs is 1. The standard InChI is InChI=1S/C15H11N3S/c1-18(13-8-4-2-6-11(13)10-16)15-17-12-7-3-5-9-14(12)19-15/h2-9H,1H3. The third-order valence-corrected chi connectivity index (χ3v) is 4.07. The van der Waals surface area contributed by atoms with E-state index in [1.54, 1.807) is 11.3 Å². The van der Waals surface area contributed by atoms with E-state index in [-0.39, 0.29) is 0 Å². The van der Waals surface area contributed by atoms with Crippen LogP contribution >= 0.6 is 11.3 Å². The molecule has 0 aliphatic rings. The first-order valence-corrected chi connectivity index (χ1v) is 6.69. The van der Waals surface area contributed by atoms with Gasteiger partial charge in [-0.05, 0) is 24.3 Å². The fourth-order valence-corrected chi connectivity index (χ4v) is 2.91. The smallest absolute Gasteiger partial charge is 0.190 e. The Bertz CT molecular complexity index is 737. The topological polar surface area (TPSA) is 39.9 Å². The molecule has 0 N–H and O–H groups in total. The first-order chi connectivity index (χ1) is 9.29. The Kier molecular flexibility index (Phi) is 2.90. The highest BCUT2D eigenvalue weighted by Gasteiger charge is 2.12. The van der Waals surface area contributed by atoms with E-state index in [9.17, 15) is 0 Å². The summed E-state index contributed by atoms with van der Waals surface area (Å²) in [5, 5.41) is 10.1. The van der Waals surface area contributed by atoms with Gasteiger partial charge in [0.2, 0.25) is 0 Å². The molecule has 0 radical (unpaired) electrons. The molecule has 0 spiro atoms. The number of para-hydroxylation sites is 2. The van der Waals surface area contributed by atoms with Gasteiger partial charge in [-0.2, -0.15) is 5.26 Å². The van der Waals surface area contributed by atoms with E-state index in [1.165, 1.54) is 0 Å². The number of aromatic nitrogens is 1. The number of rotatable bonds is 2. The Labute approximate surface area is 115 Å². The van der Waals surface area contributed by atoms with Crippen LogP contribution in [-0.4, -0.2) is 12.0 Å². The molecule has 0 aliphatic heterocycles. The van der Waals surface area contributed by atoms with E-state index in [1.807, 2.05) is 54.4 Å². The van der Waals surface area contributed by atoms with Gasteiger partial charge in [0.15, 0.2) is 5.13 Å². The molecule has 0 amide bonds. The molecule has 0 aliphatic carbocycles. The average Bonchev–Trinajstić information content (AvgIpc) is 2.90. The summed E-state index contributed by atoms with van der Waals surface area (Å²) in [5.74, 6) is 0. The Morgan fingerprint density at radius 1 is 1.11 bits per heavy atom. The Balaban J connectivity index is 2.08. The minimum Gasteiger partial charge on any atom is -0.320 e. The predicted molar refractivity (Wildman–Crippen MR) is 78.8 cm³/mol. The zero-order valence-electron chi connectivity index (χ0n) is 10.4. The average molecular weight is 265 g/mol. The third kappa shape index (κ3) is 2.05. The summed E-state index contributed by atoms with van der Waals surface area (Å²) >= 11 is 1.62. The number of nitriles is 1. The minimum atomic E-state index is 0.657. The van der Waals surface area contributed by atoms with Crippen LogP contribution in [0.5, 0.6) is 0 Å². The molecule has 0 bridgehead atoms. The van der Waals surface area contributed by atoms with E-state index in [0.29, 0.717) is 5.56 Å². The van der Waals surface area contributed by atoms with E-state index in [4.69, 9.17) is 5.26 Å². The summed E-state index contributed by atoms with van der Waals surface area (Å²) in [6.45, 7) is 0. The first-order valence-electron chi connectivity index (χ1n) is 5.88. The van der Waals surface area contributed by atoms with E-state index >= 15 is 0 Å². The lowest BCUT2D eigenvalue weighted by Crippen LogP contribution is -2.10. The molecule has 0 saturated carbocycles. The molecule has 0 saturated heterocycles. The van der Waals surface area contributed by atoms with Crippen LogP contribution in [0.3, 0.4) is 0 Å². The van der Waals surface area contributed by atoms with Gasteiger partial charge in [-0.15, -0.1) is 0 Å². The van der Waals surface area contributed by atoms with Crippen molar-refractivity contribution >= 4 is 32.4 Å². The molecule has 1 aromatic heterocycles. The maximum absolute atomic E-state index is 9.16. The lowest BCUT2D eigenvalue weighted by Gasteiger charge is -2.16. The van der Waals surface area contributed by atoms with Crippen LogP contribution < -0.4 is 4.90 Å². The van der Waals surface area contributed by atoms with E-state index < -0.39 is 0 Å². The molecule has 3 nitrogen and oxygen atoms in total. The van der Waals surface area contributed by atoms with Crippen molar-refractivity contribution in [2.45, 2.75) is 0 Å². The molecule has 1 heterocycles. The summed E-state index contributed by atoms with van der Waals surface area (Å²) in [7, 11) is 1.94. The minimum absolute atomic E-state index is 0.657. The lowest BCUT2D eigenvalue weighted by molar-refractivity contribution is 1.18. The third-order valence-electron chi connectivity index (χ3n) is 2.96. The summed E-state index contributed by atoms with van der Waals surface area (Å²) in [5.41, 5.74) is 2.53. The van der Waals surface area contributed by atoms with Crippen molar-refractivity contribution in [1.29, 1.82) is 5.26 Å². The molecule has 0 unspecified atom stereocenters. The van der Waals surface area contributed by atoms with Crippen molar-refractivity contribution in [3.63, 3.8) is 0 Å². The number of benzene rings is 2. The SMILES string of the molecule is CN(c1nc2ccccc2s1)c1ccccc1C#N. The highest BCUT2D eigenvalue weighted by molar-refractivity contribution is 7.22. The Hall–Kier alpha value is -2.38. The molecule has 3 rings (SSSR count). The van der Waals surface area contributed by atoms with Gasteiger partial charge in [0.05, 0.1) is 21.5 Å². The number of hydrogen-bond acceptors (Lipinski definition) is 4. The zero-order valence-corrected chi connectivity index (χ0v) is 11.2. The molecule has 4 heteroatoms. The van der Waals surface area contributed by atoms with Crippen LogP contribution in [-0.2, 0) is 0 Å². The molecular formula is C15H11N3S. The van der Waals surface area contributed by atoms with Crippen LogP contribution in [0.2, 0.25) is 0 Å². The Morgan fingerprint density at radius 2 is 1.84 bits per heavy atom. The Morgan fingerprint density at radius 3 is 2.63 bits per heavy atom. The van der Waals surface area contributed by atoms with Crippen molar-refractivity contribution in [3.8, 4) is 6.07 Å². The molecule has 92 valence electrons. The van der Waals surface area contributed by atoms with Crippen LogP contribution in [0.25, 0.3) is 10.2 Å². The van der Waals surface area contributed by atoms with Gasteiger partial charge in [0.25, 0.3) is 0 Å². The highest BCUT2D eigenvalue weighted by Crippen LogP contribution is 2.33. The fraction of sp³-hybridized carbons (Fsp3) is 0.0667. The quantitative estimate of drug-likeness (QED) is 0.704. The molecular weight excluding hydrogens is 254 g/mol. The lowest BCUT2D eigenvalue weighted by atomic mass is 10.2. The van der Waals surface area contributed by atoms with Crippen molar-refractivity contribution in [2.24, 2.45) is 0 Å². The summed E-state index contributed by atoms with van der Waals surface area (Å²) in [4.78, 5) is 6.56. The van der Waals surface area contributed by atoms with Crippen molar-refractivity contribution in [2.75, 3.05) is 11.9 Å². The summed E-state index contributed by atoms with van der Waals surface area (Å²) in [6.07, 6.45) is 0. The maximum atomic E-state index is 9.16. The second kappa shape index (κ2) is 4.71. The van der Waals surface area contributed by atoms with Crippen molar-refractivity contribution < 1.29 is 0 Å². The number of hydrogen-bond donors (Lipinski definition) is 0. The first kappa shape index (κ1) is 11.7. The second-order valence-corrected chi connectivity index (χ2v) is 5.16. The molecule has 2 aromatic carbocycles. The monoisotopic (exact) mass is 265 g/mol. The highest BCUT2D eigenvalue weighted by atomic mass is 32.1. The van der Waals surface area contributed by atoms with Crippen molar-refractivity contribution in [1.82, 2.24) is 4.98 Å². The fourth-order valence-electron chi connectivity index (χ4n) is 1.97. The summed E-state index contributed by atoms with van der Waals surface area (Å²) < 4.78 is 1.15. The predicted octanol–water partition coefficient (Wildman–Crippen LogP) is 3.94. The van der Waals surface area contributed by atoms with Gasteiger partial charge in [0.1, 0.15) is 6.07 Å². The van der Waals surface area contributed by atoms with Gasteiger partial charge in [-0.25, -0.2) is 4.98 Å². The normalized spacial score (nSPS) is 10.3.